The molecule has 2 rings (SSSR count). The largest absolute Gasteiger partial charge is 0.355 e. The zero-order chi connectivity index (χ0) is 11.4. The molecule has 2 unspecified atom stereocenters. The van der Waals surface area contributed by atoms with Crippen molar-refractivity contribution < 1.29 is 0 Å². The van der Waals surface area contributed by atoms with Crippen LogP contribution in [0, 0.1) is 5.92 Å². The molecule has 2 atom stereocenters. The van der Waals surface area contributed by atoms with Crippen molar-refractivity contribution in [1.29, 1.82) is 0 Å². The molecule has 0 saturated heterocycles. The molecule has 1 aliphatic rings. The average molecular weight is 222 g/mol. The molecule has 1 fully saturated rings. The molecule has 90 valence electrons. The fraction of sp³-hybridized carbons (Fsp3) is 0.750. The molecule has 0 amide bonds. The number of nitrogens with one attached hydrogen (secondary N) is 1. The van der Waals surface area contributed by atoms with Crippen LogP contribution in [0.1, 0.15) is 32.6 Å². The van der Waals surface area contributed by atoms with Gasteiger partial charge in [-0.15, -0.1) is 0 Å². The number of aryl methyl sites for hydroxylation is 1. The monoisotopic (exact) mass is 222 g/mol. The number of hydrogen-bond donors (Lipinski definition) is 2. The summed E-state index contributed by atoms with van der Waals surface area (Å²) < 4.78 is 2.12. The van der Waals surface area contributed by atoms with E-state index >= 15 is 0 Å². The maximum atomic E-state index is 6.12. The summed E-state index contributed by atoms with van der Waals surface area (Å²) in [5.74, 6) is 1.58. The minimum absolute atomic E-state index is 0.367. The Balaban J connectivity index is 1.86. The second-order valence-electron chi connectivity index (χ2n) is 4.63. The highest BCUT2D eigenvalue weighted by molar-refractivity contribution is 5.25. The Labute approximate surface area is 97.2 Å². The van der Waals surface area contributed by atoms with E-state index in [4.69, 9.17) is 5.73 Å². The first kappa shape index (κ1) is 11.5. The van der Waals surface area contributed by atoms with Crippen LogP contribution in [0.5, 0.6) is 0 Å². The summed E-state index contributed by atoms with van der Waals surface area (Å²) in [5.41, 5.74) is 6.12. The van der Waals surface area contributed by atoms with Crippen molar-refractivity contribution in [2.45, 2.75) is 45.2 Å². The summed E-state index contributed by atoms with van der Waals surface area (Å²) in [6, 6.07) is 0.367. The van der Waals surface area contributed by atoms with Gasteiger partial charge in [-0.25, -0.2) is 4.98 Å². The number of nitrogens with zero attached hydrogens (tertiary/aromatic N) is 2. The van der Waals surface area contributed by atoms with Gasteiger partial charge in [-0.05, 0) is 25.7 Å². The van der Waals surface area contributed by atoms with E-state index in [0.29, 0.717) is 12.0 Å². The van der Waals surface area contributed by atoms with E-state index < -0.39 is 0 Å². The summed E-state index contributed by atoms with van der Waals surface area (Å²) in [6.07, 6.45) is 8.88. The molecule has 1 aromatic heterocycles. The Bertz CT molecular complexity index is 321. The number of aromatic nitrogens is 2. The molecule has 4 heteroatoms. The van der Waals surface area contributed by atoms with E-state index in [1.807, 2.05) is 12.4 Å². The maximum absolute atomic E-state index is 6.12. The second kappa shape index (κ2) is 5.34. The summed E-state index contributed by atoms with van der Waals surface area (Å²) in [5, 5.41) is 3.42. The quantitative estimate of drug-likeness (QED) is 0.817. The normalized spacial score (nSPS) is 25.6. The molecule has 16 heavy (non-hydrogen) atoms. The van der Waals surface area contributed by atoms with Crippen LogP contribution in [-0.4, -0.2) is 22.1 Å². The van der Waals surface area contributed by atoms with E-state index in [9.17, 15) is 0 Å². The Kier molecular flexibility index (Phi) is 3.83. The summed E-state index contributed by atoms with van der Waals surface area (Å²) in [4.78, 5) is 4.31. The van der Waals surface area contributed by atoms with Crippen LogP contribution in [0.3, 0.4) is 0 Å². The Morgan fingerprint density at radius 1 is 1.50 bits per heavy atom. The van der Waals surface area contributed by atoms with Gasteiger partial charge in [0.15, 0.2) is 0 Å². The first-order valence-corrected chi connectivity index (χ1v) is 6.32. The third kappa shape index (κ3) is 2.55. The maximum Gasteiger partial charge on any atom is 0.202 e. The average Bonchev–Trinajstić information content (AvgIpc) is 2.75. The number of rotatable bonds is 4. The van der Waals surface area contributed by atoms with E-state index in [0.717, 1.165) is 19.0 Å². The molecule has 0 aromatic carbocycles. The zero-order valence-electron chi connectivity index (χ0n) is 10.0. The number of imidazole rings is 1. The van der Waals surface area contributed by atoms with Crippen LogP contribution in [0.2, 0.25) is 0 Å². The molecule has 0 bridgehead atoms. The zero-order valence-corrected chi connectivity index (χ0v) is 10.0. The van der Waals surface area contributed by atoms with Crippen molar-refractivity contribution in [2.75, 3.05) is 11.9 Å². The van der Waals surface area contributed by atoms with Crippen LogP contribution in [0.25, 0.3) is 0 Å². The molecule has 0 spiro atoms. The Hall–Kier alpha value is -1.03. The van der Waals surface area contributed by atoms with E-state index in [1.165, 1.54) is 25.7 Å². The van der Waals surface area contributed by atoms with Crippen molar-refractivity contribution in [3.63, 3.8) is 0 Å². The summed E-state index contributed by atoms with van der Waals surface area (Å²) in [6.45, 7) is 4.04. The highest BCUT2D eigenvalue weighted by Gasteiger charge is 2.21. The molecule has 1 aromatic rings. The second-order valence-corrected chi connectivity index (χ2v) is 4.63. The van der Waals surface area contributed by atoms with Gasteiger partial charge in [0.1, 0.15) is 0 Å². The van der Waals surface area contributed by atoms with Gasteiger partial charge in [0.05, 0.1) is 0 Å². The van der Waals surface area contributed by atoms with E-state index in [1.54, 1.807) is 0 Å². The van der Waals surface area contributed by atoms with Crippen molar-refractivity contribution >= 4 is 5.95 Å². The lowest BCUT2D eigenvalue weighted by Crippen LogP contribution is -2.37. The van der Waals surface area contributed by atoms with E-state index in [-0.39, 0.29) is 0 Å². The lowest BCUT2D eigenvalue weighted by Gasteiger charge is -2.28. The highest BCUT2D eigenvalue weighted by Crippen LogP contribution is 2.23. The number of nitrogens with two attached hydrogens (primary N) is 1. The smallest absolute Gasteiger partial charge is 0.202 e. The van der Waals surface area contributed by atoms with Gasteiger partial charge >= 0.3 is 0 Å². The third-order valence-corrected chi connectivity index (χ3v) is 3.55. The lowest BCUT2D eigenvalue weighted by molar-refractivity contribution is 0.320. The Morgan fingerprint density at radius 3 is 3.06 bits per heavy atom. The minimum Gasteiger partial charge on any atom is -0.355 e. The van der Waals surface area contributed by atoms with Crippen LogP contribution in [0.4, 0.5) is 5.95 Å². The van der Waals surface area contributed by atoms with Crippen molar-refractivity contribution in [2.24, 2.45) is 11.7 Å². The number of anilines is 1. The molecule has 0 radical (unpaired) electrons. The lowest BCUT2D eigenvalue weighted by atomic mass is 9.85. The minimum atomic E-state index is 0.367. The van der Waals surface area contributed by atoms with Gasteiger partial charge in [0, 0.05) is 31.5 Å². The fourth-order valence-electron chi connectivity index (χ4n) is 2.44. The van der Waals surface area contributed by atoms with Gasteiger partial charge in [0.2, 0.25) is 5.95 Å². The standard InChI is InChI=1S/C12H22N4/c1-2-16-8-7-14-12(16)15-9-10-5-3-4-6-11(10)13/h7-8,10-11H,2-6,9,13H2,1H3,(H,14,15). The predicted octanol–water partition coefficient (Wildman–Crippen LogP) is 1.83. The fourth-order valence-corrected chi connectivity index (χ4v) is 2.44. The van der Waals surface area contributed by atoms with Crippen LogP contribution in [-0.2, 0) is 6.54 Å². The topological polar surface area (TPSA) is 55.9 Å². The van der Waals surface area contributed by atoms with Gasteiger partial charge in [-0.3, -0.25) is 0 Å². The third-order valence-electron chi connectivity index (χ3n) is 3.55. The predicted molar refractivity (Wildman–Crippen MR) is 66.3 cm³/mol. The van der Waals surface area contributed by atoms with Crippen molar-refractivity contribution in [3.8, 4) is 0 Å². The highest BCUT2D eigenvalue weighted by atomic mass is 15.2. The molecule has 4 nitrogen and oxygen atoms in total. The van der Waals surface area contributed by atoms with Gasteiger partial charge in [-0.2, -0.15) is 0 Å². The SMILES string of the molecule is CCn1ccnc1NCC1CCCCC1N. The van der Waals surface area contributed by atoms with Gasteiger partial charge in [0.25, 0.3) is 0 Å². The Morgan fingerprint density at radius 2 is 2.31 bits per heavy atom. The van der Waals surface area contributed by atoms with Crippen molar-refractivity contribution in [1.82, 2.24) is 9.55 Å². The van der Waals surface area contributed by atoms with Crippen LogP contribution in [0.15, 0.2) is 12.4 Å². The molecule has 1 saturated carbocycles. The number of hydrogen-bond acceptors (Lipinski definition) is 3. The molecular formula is C12H22N4. The first-order chi connectivity index (χ1) is 7.81. The molecule has 1 heterocycles. The molecule has 3 N–H and O–H groups in total. The van der Waals surface area contributed by atoms with Crippen LogP contribution >= 0.6 is 0 Å². The molecule has 0 aliphatic heterocycles. The van der Waals surface area contributed by atoms with Crippen LogP contribution < -0.4 is 11.1 Å². The van der Waals surface area contributed by atoms with E-state index in [2.05, 4.69) is 21.8 Å². The summed E-state index contributed by atoms with van der Waals surface area (Å²) >= 11 is 0. The van der Waals surface area contributed by atoms with Gasteiger partial charge in [-0.1, -0.05) is 12.8 Å². The first-order valence-electron chi connectivity index (χ1n) is 6.32. The molecular weight excluding hydrogens is 200 g/mol. The van der Waals surface area contributed by atoms with Crippen molar-refractivity contribution in [3.05, 3.63) is 12.4 Å². The summed E-state index contributed by atoms with van der Waals surface area (Å²) in [7, 11) is 0. The molecule has 1 aliphatic carbocycles. The van der Waals surface area contributed by atoms with Gasteiger partial charge < -0.3 is 15.6 Å².